The molecular weight excluding hydrogens is 320 g/mol. The summed E-state index contributed by atoms with van der Waals surface area (Å²) in [6.45, 7) is 3.66. The fourth-order valence-electron chi connectivity index (χ4n) is 3.36. The first-order chi connectivity index (χ1) is 12.9. The van der Waals surface area contributed by atoms with Crippen LogP contribution in [0.15, 0.2) is 30.3 Å². The largest absolute Gasteiger partial charge is 0.379 e. The van der Waals surface area contributed by atoms with Gasteiger partial charge in [-0.25, -0.2) is 0 Å². The second kappa shape index (κ2) is 17.5. The van der Waals surface area contributed by atoms with E-state index in [1.807, 2.05) is 6.07 Å². The number of ether oxygens (including phenoxy) is 2. The van der Waals surface area contributed by atoms with Crippen molar-refractivity contribution in [2.75, 3.05) is 13.7 Å². The zero-order chi connectivity index (χ0) is 18.7. The number of hydrogen-bond acceptors (Lipinski definition) is 2. The molecule has 1 atom stereocenters. The smallest absolute Gasteiger partial charge is 0.0804 e. The summed E-state index contributed by atoms with van der Waals surface area (Å²) in [7, 11) is 1.80. The minimum Gasteiger partial charge on any atom is -0.379 e. The van der Waals surface area contributed by atoms with Gasteiger partial charge in [0.2, 0.25) is 0 Å². The van der Waals surface area contributed by atoms with Crippen molar-refractivity contribution in [3.63, 3.8) is 0 Å². The van der Waals surface area contributed by atoms with E-state index in [9.17, 15) is 0 Å². The molecule has 0 N–H and O–H groups in total. The maximum atomic E-state index is 5.81. The first-order valence-corrected chi connectivity index (χ1v) is 11.0. The van der Waals surface area contributed by atoms with Gasteiger partial charge in [-0.1, -0.05) is 114 Å². The van der Waals surface area contributed by atoms with Crippen LogP contribution in [0.4, 0.5) is 0 Å². The summed E-state index contributed by atoms with van der Waals surface area (Å²) in [6.07, 6.45) is 18.1. The molecule has 1 aromatic carbocycles. The minimum atomic E-state index is 0.238. The Morgan fingerprint density at radius 3 is 1.81 bits per heavy atom. The van der Waals surface area contributed by atoms with Gasteiger partial charge >= 0.3 is 0 Å². The molecule has 1 unspecified atom stereocenters. The standard InChI is InChI=1S/C24H42O2/c1-3-4-5-6-7-8-9-10-11-12-13-17-20-24(25-2)22-26-21-23-18-15-14-16-19-23/h14-16,18-19,24H,3-13,17,20-22H2,1-2H3. The topological polar surface area (TPSA) is 18.5 Å². The average molecular weight is 363 g/mol. The highest BCUT2D eigenvalue weighted by Gasteiger charge is 2.07. The monoisotopic (exact) mass is 362 g/mol. The third-order valence-electron chi connectivity index (χ3n) is 5.13. The van der Waals surface area contributed by atoms with E-state index < -0.39 is 0 Å². The lowest BCUT2D eigenvalue weighted by Crippen LogP contribution is -2.18. The quantitative estimate of drug-likeness (QED) is 0.255. The van der Waals surface area contributed by atoms with Gasteiger partial charge in [0.05, 0.1) is 19.3 Å². The summed E-state index contributed by atoms with van der Waals surface area (Å²) in [5.41, 5.74) is 1.23. The molecule has 1 aromatic rings. The van der Waals surface area contributed by atoms with E-state index >= 15 is 0 Å². The molecule has 0 radical (unpaired) electrons. The van der Waals surface area contributed by atoms with Crippen LogP contribution in [0, 0.1) is 0 Å². The highest BCUT2D eigenvalue weighted by molar-refractivity contribution is 5.13. The third-order valence-corrected chi connectivity index (χ3v) is 5.13. The molecule has 0 saturated carbocycles. The maximum Gasteiger partial charge on any atom is 0.0804 e. The first kappa shape index (κ1) is 23.2. The van der Waals surface area contributed by atoms with Gasteiger partial charge in [-0.2, -0.15) is 0 Å². The van der Waals surface area contributed by atoms with Gasteiger partial charge in [0.1, 0.15) is 0 Å². The molecule has 2 heteroatoms. The molecule has 0 aliphatic rings. The summed E-state index contributed by atoms with van der Waals surface area (Å²) >= 11 is 0. The molecule has 1 rings (SSSR count). The van der Waals surface area contributed by atoms with Crippen LogP contribution in [0.3, 0.4) is 0 Å². The predicted molar refractivity (Wildman–Crippen MR) is 113 cm³/mol. The minimum absolute atomic E-state index is 0.238. The number of methoxy groups -OCH3 is 1. The first-order valence-electron chi connectivity index (χ1n) is 11.0. The number of rotatable bonds is 18. The molecule has 0 amide bonds. The van der Waals surface area contributed by atoms with Crippen LogP contribution in [-0.2, 0) is 16.1 Å². The van der Waals surface area contributed by atoms with Gasteiger partial charge in [0.25, 0.3) is 0 Å². The summed E-state index contributed by atoms with van der Waals surface area (Å²) < 4.78 is 11.4. The lowest BCUT2D eigenvalue weighted by atomic mass is 10.0. The highest BCUT2D eigenvalue weighted by Crippen LogP contribution is 2.14. The molecule has 0 fully saturated rings. The van der Waals surface area contributed by atoms with Gasteiger partial charge in [-0.3, -0.25) is 0 Å². The number of hydrogen-bond donors (Lipinski definition) is 0. The molecule has 150 valence electrons. The Hall–Kier alpha value is -0.860. The second-order valence-corrected chi connectivity index (χ2v) is 7.54. The molecule has 0 spiro atoms. The van der Waals surface area contributed by atoms with Crippen LogP contribution in [0.5, 0.6) is 0 Å². The van der Waals surface area contributed by atoms with Crippen LogP contribution in [0.25, 0.3) is 0 Å². The van der Waals surface area contributed by atoms with Gasteiger partial charge in [-0.15, -0.1) is 0 Å². The summed E-state index contributed by atoms with van der Waals surface area (Å²) in [6, 6.07) is 10.4. The summed E-state index contributed by atoms with van der Waals surface area (Å²) in [5.74, 6) is 0. The van der Waals surface area contributed by atoms with Crippen LogP contribution >= 0.6 is 0 Å². The van der Waals surface area contributed by atoms with Crippen molar-refractivity contribution >= 4 is 0 Å². The van der Waals surface area contributed by atoms with Crippen molar-refractivity contribution in [3.8, 4) is 0 Å². The van der Waals surface area contributed by atoms with Crippen molar-refractivity contribution in [3.05, 3.63) is 35.9 Å². The zero-order valence-electron chi connectivity index (χ0n) is 17.4. The van der Waals surface area contributed by atoms with Crippen LogP contribution in [0.1, 0.15) is 96.0 Å². The molecule has 0 saturated heterocycles. The predicted octanol–water partition coefficient (Wildman–Crippen LogP) is 7.31. The Morgan fingerprint density at radius 1 is 0.731 bits per heavy atom. The van der Waals surface area contributed by atoms with E-state index in [2.05, 4.69) is 31.2 Å². The Labute approximate surface area is 162 Å². The van der Waals surface area contributed by atoms with Crippen molar-refractivity contribution in [2.45, 2.75) is 103 Å². The van der Waals surface area contributed by atoms with Crippen LogP contribution in [-0.4, -0.2) is 19.8 Å². The molecule has 0 heterocycles. The SMILES string of the molecule is CCCCCCCCCCCCCCC(COCc1ccccc1)OC. The van der Waals surface area contributed by atoms with Crippen molar-refractivity contribution < 1.29 is 9.47 Å². The molecular formula is C24H42O2. The second-order valence-electron chi connectivity index (χ2n) is 7.54. The molecule has 0 aromatic heterocycles. The normalized spacial score (nSPS) is 12.4. The lowest BCUT2D eigenvalue weighted by Gasteiger charge is -2.15. The Balaban J connectivity index is 1.87. The van der Waals surface area contributed by atoms with Gasteiger partial charge in [0, 0.05) is 7.11 Å². The van der Waals surface area contributed by atoms with E-state index in [-0.39, 0.29) is 6.10 Å². The maximum absolute atomic E-state index is 5.81. The summed E-state index contributed by atoms with van der Waals surface area (Å²) in [5, 5.41) is 0. The van der Waals surface area contributed by atoms with Gasteiger partial charge < -0.3 is 9.47 Å². The van der Waals surface area contributed by atoms with Crippen molar-refractivity contribution in [1.82, 2.24) is 0 Å². The van der Waals surface area contributed by atoms with E-state index in [0.717, 1.165) is 6.42 Å². The highest BCUT2D eigenvalue weighted by atomic mass is 16.5. The molecule has 2 nitrogen and oxygen atoms in total. The Kier molecular flexibility index (Phi) is 15.6. The van der Waals surface area contributed by atoms with E-state index in [0.29, 0.717) is 13.2 Å². The third kappa shape index (κ3) is 13.4. The van der Waals surface area contributed by atoms with Gasteiger partial charge in [-0.05, 0) is 12.0 Å². The fraction of sp³-hybridized carbons (Fsp3) is 0.750. The van der Waals surface area contributed by atoms with E-state index in [1.54, 1.807) is 7.11 Å². The number of unbranched alkanes of at least 4 members (excludes halogenated alkanes) is 11. The molecule has 0 aliphatic heterocycles. The van der Waals surface area contributed by atoms with E-state index in [4.69, 9.17) is 9.47 Å². The Morgan fingerprint density at radius 2 is 1.27 bits per heavy atom. The van der Waals surface area contributed by atoms with E-state index in [1.165, 1.54) is 82.6 Å². The van der Waals surface area contributed by atoms with Gasteiger partial charge in [0.15, 0.2) is 0 Å². The van der Waals surface area contributed by atoms with Crippen LogP contribution in [0.2, 0.25) is 0 Å². The molecule has 0 aliphatic carbocycles. The van der Waals surface area contributed by atoms with Crippen LogP contribution < -0.4 is 0 Å². The summed E-state index contributed by atoms with van der Waals surface area (Å²) in [4.78, 5) is 0. The zero-order valence-corrected chi connectivity index (χ0v) is 17.4. The molecule has 0 bridgehead atoms. The Bertz CT molecular complexity index is 390. The fourth-order valence-corrected chi connectivity index (χ4v) is 3.36. The van der Waals surface area contributed by atoms with Crippen molar-refractivity contribution in [2.24, 2.45) is 0 Å². The lowest BCUT2D eigenvalue weighted by molar-refractivity contribution is -0.00302. The number of benzene rings is 1. The van der Waals surface area contributed by atoms with Crippen molar-refractivity contribution in [1.29, 1.82) is 0 Å². The molecule has 26 heavy (non-hydrogen) atoms. The average Bonchev–Trinajstić information content (AvgIpc) is 2.68.